The molecule has 1 aliphatic rings. The lowest BCUT2D eigenvalue weighted by molar-refractivity contribution is -0.142. The topological polar surface area (TPSA) is 74.7 Å². The summed E-state index contributed by atoms with van der Waals surface area (Å²) in [6.07, 6.45) is 1.11. The molecule has 1 atom stereocenters. The number of carbonyl (C=O) groups is 1. The predicted molar refractivity (Wildman–Crippen MR) is 78.2 cm³/mol. The number of alkyl halides is 1. The molecule has 7 heteroatoms. The SMILES string of the molecule is O=C(O)[C@H]1CCCN(S(=O)(=O)c2cccc(CBr)c2)C1. The fourth-order valence-electron chi connectivity index (χ4n) is 2.30. The van der Waals surface area contributed by atoms with Gasteiger partial charge in [0.1, 0.15) is 0 Å². The Balaban J connectivity index is 2.27. The maximum Gasteiger partial charge on any atom is 0.307 e. The van der Waals surface area contributed by atoms with Crippen molar-refractivity contribution in [2.24, 2.45) is 5.92 Å². The van der Waals surface area contributed by atoms with Crippen LogP contribution < -0.4 is 0 Å². The zero-order valence-electron chi connectivity index (χ0n) is 10.8. The van der Waals surface area contributed by atoms with Crippen LogP contribution in [-0.2, 0) is 20.1 Å². The first-order chi connectivity index (χ1) is 9.45. The summed E-state index contributed by atoms with van der Waals surface area (Å²) in [5, 5.41) is 9.62. The molecule has 1 fully saturated rings. The van der Waals surface area contributed by atoms with Crippen LogP contribution in [0.1, 0.15) is 18.4 Å². The van der Waals surface area contributed by atoms with Crippen molar-refractivity contribution >= 4 is 31.9 Å². The van der Waals surface area contributed by atoms with Crippen molar-refractivity contribution in [3.63, 3.8) is 0 Å². The number of halogens is 1. The molecule has 1 saturated heterocycles. The van der Waals surface area contributed by atoms with Crippen molar-refractivity contribution in [1.29, 1.82) is 0 Å². The number of sulfonamides is 1. The maximum atomic E-state index is 12.5. The highest BCUT2D eigenvalue weighted by Gasteiger charge is 2.33. The number of piperidine rings is 1. The molecule has 0 radical (unpaired) electrons. The van der Waals surface area contributed by atoms with Crippen LogP contribution in [0, 0.1) is 5.92 Å². The zero-order chi connectivity index (χ0) is 14.8. The molecule has 110 valence electrons. The average Bonchev–Trinajstić information content (AvgIpc) is 2.47. The fourth-order valence-corrected chi connectivity index (χ4v) is 4.24. The van der Waals surface area contributed by atoms with Crippen molar-refractivity contribution in [2.75, 3.05) is 13.1 Å². The number of carboxylic acids is 1. The van der Waals surface area contributed by atoms with Gasteiger partial charge in [-0.2, -0.15) is 4.31 Å². The highest BCUT2D eigenvalue weighted by atomic mass is 79.9. The number of carboxylic acid groups (broad SMARTS) is 1. The van der Waals surface area contributed by atoms with Crippen LogP contribution in [-0.4, -0.2) is 36.9 Å². The minimum absolute atomic E-state index is 0.0518. The summed E-state index contributed by atoms with van der Waals surface area (Å²) >= 11 is 3.30. The monoisotopic (exact) mass is 361 g/mol. The van der Waals surface area contributed by atoms with Crippen LogP contribution in [0.3, 0.4) is 0 Å². The van der Waals surface area contributed by atoms with E-state index < -0.39 is 21.9 Å². The number of hydrogen-bond acceptors (Lipinski definition) is 3. The summed E-state index contributed by atoms with van der Waals surface area (Å²) in [5.41, 5.74) is 0.873. The van der Waals surface area contributed by atoms with E-state index in [9.17, 15) is 13.2 Å². The zero-order valence-corrected chi connectivity index (χ0v) is 13.2. The Labute approximate surface area is 126 Å². The van der Waals surface area contributed by atoms with E-state index in [0.717, 1.165) is 5.56 Å². The molecule has 2 rings (SSSR count). The predicted octanol–water partition coefficient (Wildman–Crippen LogP) is 2.07. The van der Waals surface area contributed by atoms with Gasteiger partial charge in [0, 0.05) is 18.4 Å². The van der Waals surface area contributed by atoms with Crippen molar-refractivity contribution in [3.8, 4) is 0 Å². The van der Waals surface area contributed by atoms with Gasteiger partial charge >= 0.3 is 5.97 Å². The smallest absolute Gasteiger partial charge is 0.307 e. The summed E-state index contributed by atoms with van der Waals surface area (Å²) in [6.45, 7) is 0.431. The van der Waals surface area contributed by atoms with E-state index in [1.54, 1.807) is 18.2 Å². The van der Waals surface area contributed by atoms with Crippen LogP contribution in [0.2, 0.25) is 0 Å². The third kappa shape index (κ3) is 3.21. The Morgan fingerprint density at radius 1 is 1.45 bits per heavy atom. The Morgan fingerprint density at radius 3 is 2.85 bits per heavy atom. The highest BCUT2D eigenvalue weighted by Crippen LogP contribution is 2.24. The molecule has 20 heavy (non-hydrogen) atoms. The van der Waals surface area contributed by atoms with E-state index in [1.165, 1.54) is 4.31 Å². The second kappa shape index (κ2) is 6.24. The van der Waals surface area contributed by atoms with Crippen molar-refractivity contribution < 1.29 is 18.3 Å². The second-order valence-corrected chi connectivity index (χ2v) is 7.32. The molecule has 0 bridgehead atoms. The van der Waals surface area contributed by atoms with E-state index in [2.05, 4.69) is 15.9 Å². The standard InChI is InChI=1S/C13H16BrNO4S/c14-8-10-3-1-5-12(7-10)20(18,19)15-6-2-4-11(9-15)13(16)17/h1,3,5,7,11H,2,4,6,8-9H2,(H,16,17)/t11-/m0/s1. The first-order valence-electron chi connectivity index (χ1n) is 6.33. The molecule has 0 amide bonds. The number of hydrogen-bond donors (Lipinski definition) is 1. The lowest BCUT2D eigenvalue weighted by atomic mass is 10.0. The lowest BCUT2D eigenvalue weighted by Gasteiger charge is -2.29. The van der Waals surface area contributed by atoms with Crippen LogP contribution >= 0.6 is 15.9 Å². The summed E-state index contributed by atoms with van der Waals surface area (Å²) in [7, 11) is -3.61. The molecule has 1 N–H and O–H groups in total. The Hall–Kier alpha value is -0.920. The Bertz CT molecular complexity index is 602. The van der Waals surface area contributed by atoms with Crippen LogP contribution in [0.15, 0.2) is 29.2 Å². The van der Waals surface area contributed by atoms with Gasteiger partial charge in [0.05, 0.1) is 10.8 Å². The normalized spacial score (nSPS) is 20.8. The average molecular weight is 362 g/mol. The molecule has 0 unspecified atom stereocenters. The minimum atomic E-state index is -3.61. The third-order valence-electron chi connectivity index (χ3n) is 3.42. The number of benzene rings is 1. The van der Waals surface area contributed by atoms with Crippen molar-refractivity contribution in [3.05, 3.63) is 29.8 Å². The summed E-state index contributed by atoms with van der Waals surface area (Å²) < 4.78 is 26.4. The second-order valence-electron chi connectivity index (χ2n) is 4.82. The largest absolute Gasteiger partial charge is 0.481 e. The van der Waals surface area contributed by atoms with Crippen LogP contribution in [0.4, 0.5) is 0 Å². The van der Waals surface area contributed by atoms with Gasteiger partial charge in [-0.15, -0.1) is 0 Å². The molecule has 1 aromatic rings. The minimum Gasteiger partial charge on any atom is -0.481 e. The quantitative estimate of drug-likeness (QED) is 0.833. The molecule has 0 aromatic heterocycles. The van der Waals surface area contributed by atoms with Crippen LogP contribution in [0.25, 0.3) is 0 Å². The molecule has 1 aliphatic heterocycles. The summed E-state index contributed by atoms with van der Waals surface area (Å²) in [4.78, 5) is 11.3. The third-order valence-corrected chi connectivity index (χ3v) is 5.93. The molecule has 1 aromatic carbocycles. The number of aliphatic carboxylic acids is 1. The van der Waals surface area contributed by atoms with Crippen LogP contribution in [0.5, 0.6) is 0 Å². The lowest BCUT2D eigenvalue weighted by Crippen LogP contribution is -2.42. The van der Waals surface area contributed by atoms with Gasteiger partial charge in [0.2, 0.25) is 10.0 Å². The maximum absolute atomic E-state index is 12.5. The Kier molecular flexibility index (Phi) is 4.82. The van der Waals surface area contributed by atoms with E-state index in [0.29, 0.717) is 24.7 Å². The fraction of sp³-hybridized carbons (Fsp3) is 0.462. The van der Waals surface area contributed by atoms with Crippen molar-refractivity contribution in [2.45, 2.75) is 23.1 Å². The van der Waals surface area contributed by atoms with Crippen molar-refractivity contribution in [1.82, 2.24) is 4.31 Å². The van der Waals surface area contributed by atoms with Gasteiger partial charge in [-0.05, 0) is 30.5 Å². The summed E-state index contributed by atoms with van der Waals surface area (Å²) in [6, 6.07) is 6.70. The Morgan fingerprint density at radius 2 is 2.20 bits per heavy atom. The molecular formula is C13H16BrNO4S. The molecule has 5 nitrogen and oxygen atoms in total. The molecule has 0 aliphatic carbocycles. The molecule has 0 saturated carbocycles. The number of nitrogens with zero attached hydrogens (tertiary/aromatic N) is 1. The highest BCUT2D eigenvalue weighted by molar-refractivity contribution is 9.08. The molecular weight excluding hydrogens is 346 g/mol. The van der Waals surface area contributed by atoms with Gasteiger partial charge in [-0.3, -0.25) is 4.79 Å². The van der Waals surface area contributed by atoms with E-state index in [4.69, 9.17) is 5.11 Å². The van der Waals surface area contributed by atoms with Gasteiger partial charge in [0.25, 0.3) is 0 Å². The van der Waals surface area contributed by atoms with E-state index >= 15 is 0 Å². The first-order valence-corrected chi connectivity index (χ1v) is 8.89. The molecule has 1 heterocycles. The van der Waals surface area contributed by atoms with E-state index in [1.807, 2.05) is 6.07 Å². The van der Waals surface area contributed by atoms with E-state index in [-0.39, 0.29) is 11.4 Å². The number of rotatable bonds is 4. The van der Waals surface area contributed by atoms with Gasteiger partial charge < -0.3 is 5.11 Å². The first kappa shape index (κ1) is 15.5. The van der Waals surface area contributed by atoms with Gasteiger partial charge in [-0.25, -0.2) is 8.42 Å². The summed E-state index contributed by atoms with van der Waals surface area (Å²) in [5.74, 6) is -1.54. The van der Waals surface area contributed by atoms with Gasteiger partial charge in [0.15, 0.2) is 0 Å². The molecule has 0 spiro atoms. The van der Waals surface area contributed by atoms with Gasteiger partial charge in [-0.1, -0.05) is 28.1 Å².